The smallest absolute Gasteiger partial charge is 0.378 e. The minimum atomic E-state index is -4.37. The average molecular weight is 429 g/mol. The van der Waals surface area contributed by atoms with Gasteiger partial charge in [-0.3, -0.25) is 4.40 Å². The third-order valence-corrected chi connectivity index (χ3v) is 4.79. The Kier molecular flexibility index (Phi) is 5.62. The second-order valence-electron chi connectivity index (χ2n) is 7.26. The van der Waals surface area contributed by atoms with Gasteiger partial charge in [0.05, 0.1) is 11.1 Å². The van der Waals surface area contributed by atoms with Gasteiger partial charge in [-0.2, -0.15) is 13.2 Å². The first kappa shape index (κ1) is 21.1. The maximum atomic E-state index is 12.7. The molecule has 0 spiro atoms. The third kappa shape index (κ3) is 4.61. The van der Waals surface area contributed by atoms with Crippen molar-refractivity contribution in [3.05, 3.63) is 101 Å². The van der Waals surface area contributed by atoms with Crippen molar-refractivity contribution in [2.75, 3.05) is 19.0 Å². The van der Waals surface area contributed by atoms with Gasteiger partial charge in [-0.15, -0.1) is 0 Å². The number of anilines is 1. The van der Waals surface area contributed by atoms with Gasteiger partial charge in [0.2, 0.25) is 0 Å². The topological polar surface area (TPSA) is 20.5 Å². The van der Waals surface area contributed by atoms with E-state index in [2.05, 4.69) is 28.7 Å². The third-order valence-electron chi connectivity index (χ3n) is 4.79. The summed E-state index contributed by atoms with van der Waals surface area (Å²) in [5.74, 6) is 12.6. The largest absolute Gasteiger partial charge is 0.416 e. The highest BCUT2D eigenvalue weighted by molar-refractivity contribution is 5.63. The Bertz CT molecular complexity index is 1370. The lowest BCUT2D eigenvalue weighted by atomic mass is 10.1. The highest BCUT2D eigenvalue weighted by Gasteiger charge is 2.29. The van der Waals surface area contributed by atoms with Crippen LogP contribution >= 0.6 is 0 Å². The van der Waals surface area contributed by atoms with E-state index in [4.69, 9.17) is 0 Å². The normalized spacial score (nSPS) is 10.8. The predicted molar refractivity (Wildman–Crippen MR) is 119 cm³/mol. The van der Waals surface area contributed by atoms with E-state index in [-0.39, 0.29) is 0 Å². The van der Waals surface area contributed by atoms with Crippen molar-refractivity contribution in [1.82, 2.24) is 9.38 Å². The molecule has 3 nitrogen and oxygen atoms in total. The molecule has 2 heterocycles. The number of aromatic nitrogens is 2. The lowest BCUT2D eigenvalue weighted by molar-refractivity contribution is -0.137. The number of hydrogen-bond acceptors (Lipinski definition) is 2. The van der Waals surface area contributed by atoms with Crippen LogP contribution in [-0.2, 0) is 6.18 Å². The fourth-order valence-corrected chi connectivity index (χ4v) is 3.06. The standard InChI is InChI=1S/C26H18F3N3/c1-31(2)22-14-8-20(9-15-22)11-17-25-30-23(24-5-3-4-18-32(24)25)16-10-19-6-12-21(13-7-19)26(27,28)29/h3-9,12-15,18H,1-2H3. The van der Waals surface area contributed by atoms with Gasteiger partial charge in [0.15, 0.2) is 5.82 Å². The van der Waals surface area contributed by atoms with Crippen molar-refractivity contribution in [3.8, 4) is 23.7 Å². The Morgan fingerprint density at radius 3 is 2.03 bits per heavy atom. The molecule has 0 saturated heterocycles. The number of halogens is 3. The van der Waals surface area contributed by atoms with Crippen LogP contribution in [0.4, 0.5) is 18.9 Å². The zero-order chi connectivity index (χ0) is 22.7. The van der Waals surface area contributed by atoms with E-state index in [0.29, 0.717) is 17.1 Å². The van der Waals surface area contributed by atoms with Gasteiger partial charge in [-0.1, -0.05) is 17.9 Å². The van der Waals surface area contributed by atoms with Crippen molar-refractivity contribution in [2.45, 2.75) is 6.18 Å². The van der Waals surface area contributed by atoms with Crippen molar-refractivity contribution in [1.29, 1.82) is 0 Å². The van der Waals surface area contributed by atoms with Gasteiger partial charge < -0.3 is 4.90 Å². The lowest BCUT2D eigenvalue weighted by Crippen LogP contribution is -2.07. The first-order chi connectivity index (χ1) is 15.3. The number of alkyl halides is 3. The Morgan fingerprint density at radius 1 is 0.781 bits per heavy atom. The maximum Gasteiger partial charge on any atom is 0.416 e. The maximum absolute atomic E-state index is 12.7. The summed E-state index contributed by atoms with van der Waals surface area (Å²) in [5.41, 5.74) is 3.01. The highest BCUT2D eigenvalue weighted by atomic mass is 19.4. The predicted octanol–water partition coefficient (Wildman–Crippen LogP) is 5.22. The Labute approximate surface area is 184 Å². The van der Waals surface area contributed by atoms with Crippen LogP contribution in [0.3, 0.4) is 0 Å². The van der Waals surface area contributed by atoms with Crippen LogP contribution < -0.4 is 4.90 Å². The number of imidazole rings is 1. The molecule has 2 aromatic carbocycles. The monoisotopic (exact) mass is 429 g/mol. The van der Waals surface area contributed by atoms with Gasteiger partial charge >= 0.3 is 6.18 Å². The van der Waals surface area contributed by atoms with Gasteiger partial charge in [-0.25, -0.2) is 4.98 Å². The van der Waals surface area contributed by atoms with E-state index >= 15 is 0 Å². The lowest BCUT2D eigenvalue weighted by Gasteiger charge is -2.11. The van der Waals surface area contributed by atoms with Crippen molar-refractivity contribution in [3.63, 3.8) is 0 Å². The molecule has 158 valence electrons. The van der Waals surface area contributed by atoms with Gasteiger partial charge in [-0.05, 0) is 72.5 Å². The summed E-state index contributed by atoms with van der Waals surface area (Å²) in [4.78, 5) is 6.56. The fraction of sp³-hybridized carbons (Fsp3) is 0.115. The number of pyridine rings is 1. The zero-order valence-electron chi connectivity index (χ0n) is 17.4. The van der Waals surface area contributed by atoms with E-state index in [1.165, 1.54) is 12.1 Å². The molecule has 0 radical (unpaired) electrons. The molecular formula is C26H18F3N3. The summed E-state index contributed by atoms with van der Waals surface area (Å²) < 4.78 is 40.0. The van der Waals surface area contributed by atoms with Crippen molar-refractivity contribution in [2.24, 2.45) is 0 Å². The van der Waals surface area contributed by atoms with Crippen LogP contribution in [0.5, 0.6) is 0 Å². The van der Waals surface area contributed by atoms with Crippen molar-refractivity contribution >= 4 is 11.2 Å². The molecule has 4 rings (SSSR count). The first-order valence-corrected chi connectivity index (χ1v) is 9.77. The number of fused-ring (bicyclic) bond motifs is 1. The van der Waals surface area contributed by atoms with Gasteiger partial charge in [0.25, 0.3) is 0 Å². The molecule has 0 atom stereocenters. The number of benzene rings is 2. The molecule has 0 saturated carbocycles. The second kappa shape index (κ2) is 8.53. The van der Waals surface area contributed by atoms with Crippen LogP contribution in [-0.4, -0.2) is 23.5 Å². The van der Waals surface area contributed by atoms with Crippen LogP contribution in [0.25, 0.3) is 5.52 Å². The molecule has 6 heteroatoms. The van der Waals surface area contributed by atoms with E-state index in [1.807, 2.05) is 72.1 Å². The Hall–Kier alpha value is -4.16. The molecule has 0 unspecified atom stereocenters. The summed E-state index contributed by atoms with van der Waals surface area (Å²) in [7, 11) is 3.95. The van der Waals surface area contributed by atoms with E-state index in [1.54, 1.807) is 0 Å². The molecule has 4 aromatic rings. The minimum Gasteiger partial charge on any atom is -0.378 e. The molecule has 32 heavy (non-hydrogen) atoms. The van der Waals surface area contributed by atoms with Gasteiger partial charge in [0.1, 0.15) is 5.69 Å². The van der Waals surface area contributed by atoms with E-state index in [0.717, 1.165) is 28.9 Å². The summed E-state index contributed by atoms with van der Waals surface area (Å²) in [5, 5.41) is 0. The highest BCUT2D eigenvalue weighted by Crippen LogP contribution is 2.29. The summed E-state index contributed by atoms with van der Waals surface area (Å²) in [6.07, 6.45) is -2.52. The fourth-order valence-electron chi connectivity index (χ4n) is 3.06. The Morgan fingerprint density at radius 2 is 1.41 bits per heavy atom. The average Bonchev–Trinajstić information content (AvgIpc) is 3.14. The van der Waals surface area contributed by atoms with Gasteiger partial charge in [0, 0.05) is 37.1 Å². The molecule has 0 amide bonds. The molecule has 0 aliphatic rings. The quantitative estimate of drug-likeness (QED) is 0.387. The first-order valence-electron chi connectivity index (χ1n) is 9.77. The van der Waals surface area contributed by atoms with Crippen molar-refractivity contribution < 1.29 is 13.2 Å². The summed E-state index contributed by atoms with van der Waals surface area (Å²) >= 11 is 0. The minimum absolute atomic E-state index is 0.476. The number of rotatable bonds is 1. The van der Waals surface area contributed by atoms with E-state index in [9.17, 15) is 13.2 Å². The molecule has 0 fully saturated rings. The molecule has 0 bridgehead atoms. The number of nitrogens with zero attached hydrogens (tertiary/aromatic N) is 3. The molecule has 0 aliphatic carbocycles. The molecule has 0 N–H and O–H groups in total. The second-order valence-corrected chi connectivity index (χ2v) is 7.26. The van der Waals surface area contributed by atoms with Crippen LogP contribution in [0.15, 0.2) is 72.9 Å². The Balaban J connectivity index is 1.65. The molecule has 2 aromatic heterocycles. The summed E-state index contributed by atoms with van der Waals surface area (Å²) in [6.45, 7) is 0. The van der Waals surface area contributed by atoms with Crippen LogP contribution in [0.1, 0.15) is 28.2 Å². The van der Waals surface area contributed by atoms with Crippen LogP contribution in [0, 0.1) is 23.7 Å². The number of hydrogen-bond donors (Lipinski definition) is 0. The van der Waals surface area contributed by atoms with E-state index < -0.39 is 11.7 Å². The SMILES string of the molecule is CN(C)c1ccc(C#Cc2nc(C#Cc3ccc(C(F)(F)F)cc3)c3ccccn23)cc1. The summed E-state index contributed by atoms with van der Waals surface area (Å²) in [6, 6.07) is 18.3. The van der Waals surface area contributed by atoms with Crippen LogP contribution in [0.2, 0.25) is 0 Å². The molecular weight excluding hydrogens is 411 g/mol. The molecule has 0 aliphatic heterocycles. The zero-order valence-corrected chi connectivity index (χ0v) is 17.4.